The van der Waals surface area contributed by atoms with Crippen LogP contribution in [0.2, 0.25) is 0 Å². The highest BCUT2D eigenvalue weighted by molar-refractivity contribution is 6.26. The van der Waals surface area contributed by atoms with Gasteiger partial charge >= 0.3 is 5.89 Å². The van der Waals surface area contributed by atoms with Gasteiger partial charge in [-0.05, 0) is 107 Å². The number of fused-ring (bicyclic) bond motifs is 17. The van der Waals surface area contributed by atoms with E-state index in [1.165, 1.54) is 76.8 Å². The van der Waals surface area contributed by atoms with Gasteiger partial charge < -0.3 is 4.42 Å². The Morgan fingerprint density at radius 2 is 0.885 bits per heavy atom. The van der Waals surface area contributed by atoms with Crippen LogP contribution in [0.4, 0.5) is 0 Å². The van der Waals surface area contributed by atoms with Gasteiger partial charge in [0.25, 0.3) is 5.52 Å². The highest BCUT2D eigenvalue weighted by atomic mass is 16.4. The maximum atomic E-state index is 6.78. The van der Waals surface area contributed by atoms with Crippen molar-refractivity contribution in [1.82, 2.24) is 0 Å². The van der Waals surface area contributed by atoms with Crippen molar-refractivity contribution in [3.05, 3.63) is 204 Å². The smallest absolute Gasteiger partial charge is 0.387 e. The number of oxazole rings is 1. The second-order valence-corrected chi connectivity index (χ2v) is 14.2. The van der Waals surface area contributed by atoms with E-state index in [0.29, 0.717) is 0 Å². The number of hydrogen-bond acceptors (Lipinski definition) is 1. The summed E-state index contributed by atoms with van der Waals surface area (Å²) in [5.74, 6) is 0.823. The SMILES string of the molecule is c1ccc(-[n+]2c(-c3ccc4c(c3)C3(c5ccccc5-4)c4ccccc4-c4cc5c6ccccc6c6ccccc6c5cc43)oc3ccccc32)cc1. The Labute approximate surface area is 300 Å². The Balaban J connectivity index is 1.22. The van der Waals surface area contributed by atoms with Gasteiger partial charge in [0.15, 0.2) is 0 Å². The first kappa shape index (κ1) is 28.0. The monoisotopic (exact) mass is 660 g/mol. The maximum Gasteiger partial charge on any atom is 0.387 e. The fourth-order valence-corrected chi connectivity index (χ4v) is 9.68. The molecule has 0 saturated heterocycles. The fraction of sp³-hybridized carbons (Fsp3) is 0.0200. The summed E-state index contributed by atoms with van der Waals surface area (Å²) < 4.78 is 9.03. The number of hydrogen-bond donors (Lipinski definition) is 0. The molecule has 2 nitrogen and oxygen atoms in total. The lowest BCUT2D eigenvalue weighted by Gasteiger charge is -2.31. The average molecular weight is 661 g/mol. The van der Waals surface area contributed by atoms with Gasteiger partial charge in [-0.15, -0.1) is 4.57 Å². The van der Waals surface area contributed by atoms with Gasteiger partial charge in [-0.1, -0.05) is 133 Å². The van der Waals surface area contributed by atoms with Crippen molar-refractivity contribution in [2.45, 2.75) is 5.41 Å². The highest BCUT2D eigenvalue weighted by Gasteiger charge is 2.52. The first-order valence-electron chi connectivity index (χ1n) is 18.0. The molecule has 1 aromatic heterocycles. The summed E-state index contributed by atoms with van der Waals surface area (Å²) in [4.78, 5) is 0. The van der Waals surface area contributed by atoms with E-state index in [4.69, 9.17) is 4.42 Å². The zero-order chi connectivity index (χ0) is 34.0. The lowest BCUT2D eigenvalue weighted by Crippen LogP contribution is -2.31. The molecule has 2 heteroatoms. The lowest BCUT2D eigenvalue weighted by molar-refractivity contribution is -0.560. The molecule has 1 heterocycles. The number of aromatic nitrogens is 1. The maximum absolute atomic E-state index is 6.78. The Kier molecular flexibility index (Phi) is 5.46. The predicted octanol–water partition coefficient (Wildman–Crippen LogP) is 12.2. The van der Waals surface area contributed by atoms with Crippen molar-refractivity contribution < 1.29 is 8.98 Å². The number of para-hydroxylation sites is 3. The summed E-state index contributed by atoms with van der Waals surface area (Å²) in [6.45, 7) is 0. The van der Waals surface area contributed by atoms with Gasteiger partial charge in [-0.2, -0.15) is 0 Å². The Morgan fingerprint density at radius 3 is 1.60 bits per heavy atom. The summed E-state index contributed by atoms with van der Waals surface area (Å²) in [5.41, 5.74) is 14.0. The minimum Gasteiger partial charge on any atom is -0.397 e. The number of rotatable bonds is 2. The molecule has 1 spiro atoms. The molecule has 9 aromatic carbocycles. The quantitative estimate of drug-likeness (QED) is 0.133. The van der Waals surface area contributed by atoms with E-state index in [2.05, 4.69) is 180 Å². The summed E-state index contributed by atoms with van der Waals surface area (Å²) in [6, 6.07) is 66.8. The summed E-state index contributed by atoms with van der Waals surface area (Å²) in [6.07, 6.45) is 0. The lowest BCUT2D eigenvalue weighted by atomic mass is 9.70. The van der Waals surface area contributed by atoms with Gasteiger partial charge in [0.05, 0.1) is 11.0 Å². The molecule has 0 fully saturated rings. The molecule has 0 N–H and O–H groups in total. The van der Waals surface area contributed by atoms with Crippen molar-refractivity contribution in [1.29, 1.82) is 0 Å². The number of nitrogens with zero attached hydrogens (tertiary/aromatic N) is 1. The molecule has 0 bridgehead atoms. The van der Waals surface area contributed by atoms with Crippen LogP contribution in [0.1, 0.15) is 22.3 Å². The van der Waals surface area contributed by atoms with E-state index < -0.39 is 5.41 Å². The van der Waals surface area contributed by atoms with E-state index in [9.17, 15) is 0 Å². The molecule has 10 aromatic rings. The molecule has 0 aliphatic heterocycles. The second kappa shape index (κ2) is 10.2. The Morgan fingerprint density at radius 1 is 0.365 bits per heavy atom. The molecule has 1 atom stereocenters. The van der Waals surface area contributed by atoms with Gasteiger partial charge in [0.2, 0.25) is 11.3 Å². The van der Waals surface area contributed by atoms with Crippen molar-refractivity contribution in [2.24, 2.45) is 0 Å². The standard InChI is InChI=1S/C50H30NO/c1-2-14-32(15-3-1)51-47-24-12-13-25-48(47)52-49(51)31-26-27-39-37-20-8-10-22-43(37)50(45(39)28-31)44-23-11-9-21-38(44)42-29-40-35-18-6-4-16-33(35)34-17-5-7-19-36(34)41(40)30-46(42)50/h1-30H/q+1. The van der Waals surface area contributed by atoms with E-state index in [1.54, 1.807) is 0 Å². The molecule has 0 amide bonds. The fourth-order valence-electron chi connectivity index (χ4n) is 9.68. The third-order valence-corrected chi connectivity index (χ3v) is 11.7. The third kappa shape index (κ3) is 3.46. The molecule has 2 aliphatic carbocycles. The van der Waals surface area contributed by atoms with Crippen LogP contribution in [-0.4, -0.2) is 0 Å². The molecule has 240 valence electrons. The molecular weight excluding hydrogens is 631 g/mol. The van der Waals surface area contributed by atoms with Crippen LogP contribution < -0.4 is 4.57 Å². The van der Waals surface area contributed by atoms with E-state index in [0.717, 1.165) is 28.2 Å². The van der Waals surface area contributed by atoms with Crippen LogP contribution in [0.15, 0.2) is 186 Å². The van der Waals surface area contributed by atoms with Crippen LogP contribution in [0, 0.1) is 0 Å². The molecule has 1 unspecified atom stereocenters. The minimum absolute atomic E-state index is 0.502. The average Bonchev–Trinajstić information content (AvgIpc) is 3.85. The van der Waals surface area contributed by atoms with Gasteiger partial charge in [-0.25, -0.2) is 0 Å². The zero-order valence-corrected chi connectivity index (χ0v) is 28.2. The molecule has 12 rings (SSSR count). The van der Waals surface area contributed by atoms with Gasteiger partial charge in [-0.3, -0.25) is 0 Å². The second-order valence-electron chi connectivity index (χ2n) is 14.2. The van der Waals surface area contributed by atoms with Crippen molar-refractivity contribution in [3.8, 4) is 39.4 Å². The van der Waals surface area contributed by atoms with Crippen molar-refractivity contribution in [3.63, 3.8) is 0 Å². The van der Waals surface area contributed by atoms with E-state index in [-0.39, 0.29) is 0 Å². The minimum atomic E-state index is -0.502. The summed E-state index contributed by atoms with van der Waals surface area (Å²) >= 11 is 0. The first-order chi connectivity index (χ1) is 25.8. The topological polar surface area (TPSA) is 17.0 Å². The molecule has 52 heavy (non-hydrogen) atoms. The van der Waals surface area contributed by atoms with E-state index >= 15 is 0 Å². The number of benzene rings is 9. The molecule has 2 aliphatic rings. The predicted molar refractivity (Wildman–Crippen MR) is 212 cm³/mol. The van der Waals surface area contributed by atoms with Crippen molar-refractivity contribution in [2.75, 3.05) is 0 Å². The van der Waals surface area contributed by atoms with Crippen LogP contribution in [0.3, 0.4) is 0 Å². The zero-order valence-electron chi connectivity index (χ0n) is 28.2. The molecule has 0 saturated carbocycles. The molecule has 0 radical (unpaired) electrons. The Hall–Kier alpha value is -6.77. The molecular formula is C50H30NO+. The van der Waals surface area contributed by atoms with Gasteiger partial charge in [0, 0.05) is 18.2 Å². The normalized spacial score (nSPS) is 15.4. The van der Waals surface area contributed by atoms with Crippen LogP contribution in [0.5, 0.6) is 0 Å². The van der Waals surface area contributed by atoms with E-state index in [1.807, 2.05) is 6.07 Å². The Bertz CT molecular complexity index is 3130. The van der Waals surface area contributed by atoms with Gasteiger partial charge in [0.1, 0.15) is 0 Å². The van der Waals surface area contributed by atoms with Crippen molar-refractivity contribution >= 4 is 43.4 Å². The van der Waals surface area contributed by atoms with Crippen LogP contribution in [-0.2, 0) is 5.41 Å². The summed E-state index contributed by atoms with van der Waals surface area (Å²) in [5, 5.41) is 7.76. The highest BCUT2D eigenvalue weighted by Crippen LogP contribution is 2.64. The summed E-state index contributed by atoms with van der Waals surface area (Å²) in [7, 11) is 0. The first-order valence-corrected chi connectivity index (χ1v) is 18.0. The van der Waals surface area contributed by atoms with Crippen LogP contribution >= 0.6 is 0 Å². The largest absolute Gasteiger partial charge is 0.397 e. The third-order valence-electron chi connectivity index (χ3n) is 11.7. The van der Waals surface area contributed by atoms with Crippen LogP contribution in [0.25, 0.3) is 82.8 Å².